The number of hydrogen-bond acceptors (Lipinski definition) is 2. The molecule has 2 aromatic rings. The third-order valence-corrected chi connectivity index (χ3v) is 3.90. The lowest BCUT2D eigenvalue weighted by Crippen LogP contribution is -2.31. The van der Waals surface area contributed by atoms with Crippen LogP contribution in [0.1, 0.15) is 30.9 Å². The molecular weight excluding hydrogens is 308 g/mol. The Kier molecular flexibility index (Phi) is 7.63. The molecule has 0 radical (unpaired) electrons. The van der Waals surface area contributed by atoms with Crippen molar-refractivity contribution in [1.82, 2.24) is 5.32 Å². The number of amides is 1. The normalized spacial score (nSPS) is 11.6. The summed E-state index contributed by atoms with van der Waals surface area (Å²) >= 11 is 0. The van der Waals surface area contributed by atoms with E-state index in [1.807, 2.05) is 42.5 Å². The molecule has 0 saturated carbocycles. The smallest absolute Gasteiger partial charge is 0.224 e. The second-order valence-electron chi connectivity index (χ2n) is 5.98. The summed E-state index contributed by atoms with van der Waals surface area (Å²) in [5, 5.41) is 3.06. The van der Waals surface area contributed by atoms with Crippen LogP contribution < -0.4 is 11.1 Å². The van der Waals surface area contributed by atoms with Crippen LogP contribution in [0.25, 0.3) is 0 Å². The summed E-state index contributed by atoms with van der Waals surface area (Å²) in [7, 11) is 0. The molecule has 4 heteroatoms. The van der Waals surface area contributed by atoms with Crippen LogP contribution in [-0.4, -0.2) is 12.5 Å². The summed E-state index contributed by atoms with van der Waals surface area (Å²) in [6, 6.07) is 17.8. The van der Waals surface area contributed by atoms with Gasteiger partial charge in [0.15, 0.2) is 0 Å². The van der Waals surface area contributed by atoms with E-state index in [4.69, 9.17) is 5.73 Å². The number of benzene rings is 2. The number of hydrogen-bond donors (Lipinski definition) is 2. The Morgan fingerprint density at radius 3 is 2.22 bits per heavy atom. The minimum Gasteiger partial charge on any atom is -0.399 e. The van der Waals surface area contributed by atoms with Crippen molar-refractivity contribution in [3.63, 3.8) is 0 Å². The molecule has 1 unspecified atom stereocenters. The Labute approximate surface area is 144 Å². The van der Waals surface area contributed by atoms with Crippen molar-refractivity contribution in [2.45, 2.75) is 26.2 Å². The van der Waals surface area contributed by atoms with Gasteiger partial charge in [0.05, 0.1) is 6.42 Å². The number of rotatable bonds is 6. The first-order valence-corrected chi connectivity index (χ1v) is 7.72. The first kappa shape index (κ1) is 19.0. The van der Waals surface area contributed by atoms with E-state index in [1.54, 1.807) is 0 Å². The fourth-order valence-corrected chi connectivity index (χ4v) is 2.55. The molecule has 0 aliphatic heterocycles. The van der Waals surface area contributed by atoms with Crippen LogP contribution in [0, 0.1) is 5.92 Å². The van der Waals surface area contributed by atoms with Crippen molar-refractivity contribution in [3.8, 4) is 0 Å². The molecule has 0 aromatic heterocycles. The molecule has 124 valence electrons. The fourth-order valence-electron chi connectivity index (χ4n) is 2.55. The molecule has 0 fully saturated rings. The molecule has 23 heavy (non-hydrogen) atoms. The lowest BCUT2D eigenvalue weighted by molar-refractivity contribution is -0.120. The monoisotopic (exact) mass is 332 g/mol. The van der Waals surface area contributed by atoms with Crippen LogP contribution in [0.15, 0.2) is 54.6 Å². The molecule has 0 spiro atoms. The zero-order valence-electron chi connectivity index (χ0n) is 13.7. The number of nitrogen functional groups attached to an aromatic ring is 1. The molecule has 0 aliphatic carbocycles. The molecule has 1 atom stereocenters. The molecule has 3 N–H and O–H groups in total. The van der Waals surface area contributed by atoms with E-state index < -0.39 is 0 Å². The van der Waals surface area contributed by atoms with E-state index in [0.29, 0.717) is 30.5 Å². The average Bonchev–Trinajstić information content (AvgIpc) is 2.50. The summed E-state index contributed by atoms with van der Waals surface area (Å²) in [6.07, 6.45) is 0.389. The van der Waals surface area contributed by atoms with Crippen LogP contribution in [-0.2, 0) is 11.2 Å². The van der Waals surface area contributed by atoms with Gasteiger partial charge in [0.25, 0.3) is 0 Å². The molecule has 0 heterocycles. The van der Waals surface area contributed by atoms with E-state index in [9.17, 15) is 4.79 Å². The van der Waals surface area contributed by atoms with E-state index >= 15 is 0 Å². The second-order valence-corrected chi connectivity index (χ2v) is 5.98. The van der Waals surface area contributed by atoms with Gasteiger partial charge in [-0.1, -0.05) is 56.3 Å². The molecule has 1 amide bonds. The molecule has 2 rings (SSSR count). The van der Waals surface area contributed by atoms with Crippen molar-refractivity contribution in [1.29, 1.82) is 0 Å². The number of carbonyl (C=O) groups excluding carboxylic acids is 1. The van der Waals surface area contributed by atoms with Crippen molar-refractivity contribution in [2.24, 2.45) is 5.92 Å². The lowest BCUT2D eigenvalue weighted by Gasteiger charge is -2.22. The average molecular weight is 333 g/mol. The van der Waals surface area contributed by atoms with E-state index in [0.717, 1.165) is 5.56 Å². The van der Waals surface area contributed by atoms with Gasteiger partial charge in [-0.2, -0.15) is 0 Å². The molecule has 0 aliphatic rings. The lowest BCUT2D eigenvalue weighted by atomic mass is 9.88. The Bertz CT molecular complexity index is 597. The fraction of sp³-hybridized carbons (Fsp3) is 0.316. The van der Waals surface area contributed by atoms with Gasteiger partial charge in [0, 0.05) is 18.2 Å². The maximum Gasteiger partial charge on any atom is 0.224 e. The van der Waals surface area contributed by atoms with E-state index in [1.165, 1.54) is 5.56 Å². The van der Waals surface area contributed by atoms with Gasteiger partial charge >= 0.3 is 0 Å². The minimum atomic E-state index is 0. The van der Waals surface area contributed by atoms with Crippen LogP contribution in [0.5, 0.6) is 0 Å². The molecular formula is C19H25ClN2O. The molecule has 0 saturated heterocycles. The van der Waals surface area contributed by atoms with Crippen molar-refractivity contribution >= 4 is 24.0 Å². The molecule has 0 bridgehead atoms. The number of halogens is 1. The zero-order valence-corrected chi connectivity index (χ0v) is 14.5. The second kappa shape index (κ2) is 9.21. The van der Waals surface area contributed by atoms with Crippen LogP contribution in [0.2, 0.25) is 0 Å². The molecule has 2 aromatic carbocycles. The summed E-state index contributed by atoms with van der Waals surface area (Å²) in [5.74, 6) is 0.849. The first-order chi connectivity index (χ1) is 10.6. The predicted octanol–water partition coefficient (Wildman–Crippen LogP) is 3.79. The van der Waals surface area contributed by atoms with Gasteiger partial charge in [-0.3, -0.25) is 4.79 Å². The third-order valence-electron chi connectivity index (χ3n) is 3.90. The van der Waals surface area contributed by atoms with Crippen LogP contribution in [0.3, 0.4) is 0 Å². The quantitative estimate of drug-likeness (QED) is 0.791. The summed E-state index contributed by atoms with van der Waals surface area (Å²) < 4.78 is 0. The van der Waals surface area contributed by atoms with Gasteiger partial charge in [-0.25, -0.2) is 0 Å². The predicted molar refractivity (Wildman–Crippen MR) is 98.8 cm³/mol. The Morgan fingerprint density at radius 1 is 1.04 bits per heavy atom. The highest BCUT2D eigenvalue weighted by molar-refractivity contribution is 5.85. The third kappa shape index (κ3) is 5.95. The minimum absolute atomic E-state index is 0. The van der Waals surface area contributed by atoms with Gasteiger partial charge < -0.3 is 11.1 Å². The zero-order chi connectivity index (χ0) is 15.9. The number of carbonyl (C=O) groups is 1. The highest BCUT2D eigenvalue weighted by Gasteiger charge is 2.16. The topological polar surface area (TPSA) is 55.1 Å². The number of nitrogens with two attached hydrogens (primary N) is 1. The number of nitrogens with one attached hydrogen (secondary N) is 1. The Balaban J connectivity index is 0.00000264. The largest absolute Gasteiger partial charge is 0.399 e. The standard InChI is InChI=1S/C19H24N2O.ClH/c1-14(2)18(16-6-4-3-5-7-16)13-21-19(22)12-15-8-10-17(20)11-9-15;/h3-11,14,18H,12-13,20H2,1-2H3,(H,21,22);1H. The van der Waals surface area contributed by atoms with Crippen molar-refractivity contribution in [2.75, 3.05) is 12.3 Å². The van der Waals surface area contributed by atoms with Crippen LogP contribution >= 0.6 is 12.4 Å². The Hall–Kier alpha value is -2.00. The summed E-state index contributed by atoms with van der Waals surface area (Å²) in [6.45, 7) is 5.03. The van der Waals surface area contributed by atoms with E-state index in [2.05, 4.69) is 31.3 Å². The SMILES string of the molecule is CC(C)C(CNC(=O)Cc1ccc(N)cc1)c1ccccc1.Cl. The first-order valence-electron chi connectivity index (χ1n) is 7.72. The van der Waals surface area contributed by atoms with Gasteiger partial charge in [0.2, 0.25) is 5.91 Å². The maximum atomic E-state index is 12.1. The summed E-state index contributed by atoms with van der Waals surface area (Å²) in [5.41, 5.74) is 8.62. The van der Waals surface area contributed by atoms with Gasteiger partial charge in [-0.05, 0) is 29.2 Å². The maximum absolute atomic E-state index is 12.1. The molecule has 3 nitrogen and oxygen atoms in total. The van der Waals surface area contributed by atoms with Gasteiger partial charge in [0.1, 0.15) is 0 Å². The highest BCUT2D eigenvalue weighted by atomic mass is 35.5. The summed E-state index contributed by atoms with van der Waals surface area (Å²) in [4.78, 5) is 12.1. The Morgan fingerprint density at radius 2 is 1.65 bits per heavy atom. The van der Waals surface area contributed by atoms with Gasteiger partial charge in [-0.15, -0.1) is 12.4 Å². The number of anilines is 1. The van der Waals surface area contributed by atoms with Crippen LogP contribution in [0.4, 0.5) is 5.69 Å². The highest BCUT2D eigenvalue weighted by Crippen LogP contribution is 2.23. The van der Waals surface area contributed by atoms with Crippen molar-refractivity contribution in [3.05, 3.63) is 65.7 Å². The van der Waals surface area contributed by atoms with E-state index in [-0.39, 0.29) is 18.3 Å². The van der Waals surface area contributed by atoms with Crippen molar-refractivity contribution < 1.29 is 4.79 Å².